The van der Waals surface area contributed by atoms with Gasteiger partial charge in [0.25, 0.3) is 5.91 Å². The fourth-order valence-electron chi connectivity index (χ4n) is 1.34. The van der Waals surface area contributed by atoms with Crippen LogP contribution in [0, 0.1) is 12.9 Å². The second-order valence-electron chi connectivity index (χ2n) is 3.57. The number of nitrogens with one attached hydrogen (secondary N) is 2. The van der Waals surface area contributed by atoms with Crippen molar-refractivity contribution in [3.05, 3.63) is 47.3 Å². The van der Waals surface area contributed by atoms with Gasteiger partial charge in [-0.1, -0.05) is 0 Å². The van der Waals surface area contributed by atoms with E-state index in [1.54, 1.807) is 6.20 Å². The molecule has 2 aromatic rings. The number of amides is 1. The summed E-state index contributed by atoms with van der Waals surface area (Å²) >= 11 is 0. The van der Waals surface area contributed by atoms with E-state index in [0.29, 0.717) is 12.1 Å². The molecule has 0 fully saturated rings. The summed E-state index contributed by atoms with van der Waals surface area (Å²) in [6.45, 7) is 2.24. The number of H-pyrrole nitrogens is 1. The highest BCUT2D eigenvalue weighted by Gasteiger charge is 2.07. The molecule has 2 rings (SSSR count). The van der Waals surface area contributed by atoms with Crippen LogP contribution in [-0.4, -0.2) is 21.1 Å². The molecule has 0 bridgehead atoms. The van der Waals surface area contributed by atoms with Crippen LogP contribution < -0.4 is 5.32 Å². The molecule has 1 amide bonds. The lowest BCUT2D eigenvalue weighted by atomic mass is 10.2. The Morgan fingerprint density at radius 2 is 2.29 bits per heavy atom. The van der Waals surface area contributed by atoms with Crippen LogP contribution in [0.5, 0.6) is 0 Å². The van der Waals surface area contributed by atoms with E-state index < -0.39 is 5.95 Å². The number of carbonyl (C=O) groups excluding carboxylic acids is 1. The summed E-state index contributed by atoms with van der Waals surface area (Å²) in [7, 11) is 0. The fraction of sp³-hybridized carbons (Fsp3) is 0.182. The van der Waals surface area contributed by atoms with E-state index >= 15 is 0 Å². The van der Waals surface area contributed by atoms with E-state index in [-0.39, 0.29) is 5.91 Å². The third-order valence-electron chi connectivity index (χ3n) is 2.36. The Morgan fingerprint density at radius 1 is 1.47 bits per heavy atom. The maximum Gasteiger partial charge on any atom is 0.253 e. The molecule has 2 N–H and O–H groups in total. The van der Waals surface area contributed by atoms with Crippen molar-refractivity contribution < 1.29 is 9.18 Å². The number of halogens is 1. The van der Waals surface area contributed by atoms with Crippen molar-refractivity contribution in [1.82, 2.24) is 20.5 Å². The minimum atomic E-state index is -0.604. The second-order valence-corrected chi connectivity index (χ2v) is 3.57. The standard InChI is InChI=1S/C11H11FN4O/c1-7-9(6-15-16-7)5-14-11(17)8-2-3-10(12)13-4-8/h2-4,6H,5H2,1H3,(H,14,17)(H,15,16). The van der Waals surface area contributed by atoms with Crippen LogP contribution in [0.3, 0.4) is 0 Å². The van der Waals surface area contributed by atoms with Crippen molar-refractivity contribution in [2.24, 2.45) is 0 Å². The van der Waals surface area contributed by atoms with Gasteiger partial charge in [0.15, 0.2) is 0 Å². The molecule has 0 spiro atoms. The van der Waals surface area contributed by atoms with Gasteiger partial charge in [-0.2, -0.15) is 9.49 Å². The van der Waals surface area contributed by atoms with Crippen molar-refractivity contribution in [3.63, 3.8) is 0 Å². The molecule has 0 saturated heterocycles. The first kappa shape index (κ1) is 11.3. The summed E-state index contributed by atoms with van der Waals surface area (Å²) in [6, 6.07) is 2.54. The van der Waals surface area contributed by atoms with Crippen LogP contribution in [0.25, 0.3) is 0 Å². The Hall–Kier alpha value is -2.24. The molecular weight excluding hydrogens is 223 g/mol. The topological polar surface area (TPSA) is 70.7 Å². The van der Waals surface area contributed by atoms with Crippen LogP contribution in [0.4, 0.5) is 4.39 Å². The van der Waals surface area contributed by atoms with Crippen molar-refractivity contribution in [3.8, 4) is 0 Å². The highest BCUT2D eigenvalue weighted by atomic mass is 19.1. The van der Waals surface area contributed by atoms with Crippen LogP contribution in [0.2, 0.25) is 0 Å². The average Bonchev–Trinajstić information content (AvgIpc) is 2.73. The van der Waals surface area contributed by atoms with Gasteiger partial charge in [-0.05, 0) is 19.1 Å². The van der Waals surface area contributed by atoms with E-state index in [1.807, 2.05) is 6.92 Å². The van der Waals surface area contributed by atoms with Gasteiger partial charge in [0, 0.05) is 24.0 Å². The van der Waals surface area contributed by atoms with Crippen LogP contribution >= 0.6 is 0 Å². The monoisotopic (exact) mass is 234 g/mol. The normalized spacial score (nSPS) is 10.2. The lowest BCUT2D eigenvalue weighted by Crippen LogP contribution is -2.23. The zero-order valence-electron chi connectivity index (χ0n) is 9.20. The Kier molecular flexibility index (Phi) is 3.13. The van der Waals surface area contributed by atoms with Crippen molar-refractivity contribution in [2.75, 3.05) is 0 Å². The number of hydrogen-bond acceptors (Lipinski definition) is 3. The van der Waals surface area contributed by atoms with Gasteiger partial charge in [0.2, 0.25) is 5.95 Å². The van der Waals surface area contributed by atoms with Gasteiger partial charge in [0.1, 0.15) is 0 Å². The molecule has 0 unspecified atom stereocenters. The first-order valence-electron chi connectivity index (χ1n) is 5.05. The molecule has 0 radical (unpaired) electrons. The molecule has 0 aromatic carbocycles. The van der Waals surface area contributed by atoms with E-state index in [1.165, 1.54) is 12.3 Å². The summed E-state index contributed by atoms with van der Waals surface area (Å²) in [4.78, 5) is 15.1. The molecule has 6 heteroatoms. The Labute approximate surface area is 97.1 Å². The lowest BCUT2D eigenvalue weighted by molar-refractivity contribution is 0.0950. The molecule has 0 saturated carbocycles. The minimum absolute atomic E-state index is 0.293. The van der Waals surface area contributed by atoms with Crippen molar-refractivity contribution in [2.45, 2.75) is 13.5 Å². The third kappa shape index (κ3) is 2.66. The maximum atomic E-state index is 12.6. The maximum absolute atomic E-state index is 12.6. The van der Waals surface area contributed by atoms with Crippen LogP contribution in [-0.2, 0) is 6.54 Å². The number of aromatic nitrogens is 3. The Bertz CT molecular complexity index is 521. The molecule has 17 heavy (non-hydrogen) atoms. The zero-order valence-corrected chi connectivity index (χ0v) is 9.20. The zero-order chi connectivity index (χ0) is 12.3. The Morgan fingerprint density at radius 3 is 2.88 bits per heavy atom. The van der Waals surface area contributed by atoms with Gasteiger partial charge in [-0.3, -0.25) is 9.89 Å². The fourth-order valence-corrected chi connectivity index (χ4v) is 1.34. The summed E-state index contributed by atoms with van der Waals surface area (Å²) in [6.07, 6.45) is 2.85. The van der Waals surface area contributed by atoms with E-state index in [0.717, 1.165) is 17.3 Å². The largest absolute Gasteiger partial charge is 0.348 e. The molecular formula is C11H11FN4O. The molecule has 5 nitrogen and oxygen atoms in total. The molecule has 2 heterocycles. The van der Waals surface area contributed by atoms with Gasteiger partial charge < -0.3 is 5.32 Å². The minimum Gasteiger partial charge on any atom is -0.348 e. The van der Waals surface area contributed by atoms with Gasteiger partial charge in [-0.15, -0.1) is 0 Å². The summed E-state index contributed by atoms with van der Waals surface area (Å²) in [5.41, 5.74) is 2.14. The summed E-state index contributed by atoms with van der Waals surface area (Å²) in [5.74, 6) is -0.898. The van der Waals surface area contributed by atoms with Crippen LogP contribution in [0.1, 0.15) is 21.6 Å². The summed E-state index contributed by atoms with van der Waals surface area (Å²) in [5, 5.41) is 9.32. The lowest BCUT2D eigenvalue weighted by Gasteiger charge is -2.03. The molecule has 0 aliphatic rings. The SMILES string of the molecule is Cc1[nH]ncc1CNC(=O)c1ccc(F)nc1. The van der Waals surface area contributed by atoms with E-state index in [4.69, 9.17) is 0 Å². The van der Waals surface area contributed by atoms with Crippen molar-refractivity contribution >= 4 is 5.91 Å². The van der Waals surface area contributed by atoms with Gasteiger partial charge in [0.05, 0.1) is 11.8 Å². The predicted molar refractivity (Wildman–Crippen MR) is 58.7 cm³/mol. The Balaban J connectivity index is 1.98. The number of pyridine rings is 1. The molecule has 0 aliphatic heterocycles. The highest BCUT2D eigenvalue weighted by Crippen LogP contribution is 2.03. The first-order valence-corrected chi connectivity index (χ1v) is 5.05. The number of aryl methyl sites for hydroxylation is 1. The van der Waals surface area contributed by atoms with E-state index in [2.05, 4.69) is 20.5 Å². The molecule has 88 valence electrons. The third-order valence-corrected chi connectivity index (χ3v) is 2.36. The predicted octanol–water partition coefficient (Wildman–Crippen LogP) is 1.18. The average molecular weight is 234 g/mol. The highest BCUT2D eigenvalue weighted by molar-refractivity contribution is 5.93. The number of rotatable bonds is 3. The van der Waals surface area contributed by atoms with Crippen LogP contribution in [0.15, 0.2) is 24.5 Å². The number of aromatic amines is 1. The van der Waals surface area contributed by atoms with Gasteiger partial charge in [-0.25, -0.2) is 4.98 Å². The molecule has 2 aromatic heterocycles. The van der Waals surface area contributed by atoms with Crippen molar-refractivity contribution in [1.29, 1.82) is 0 Å². The van der Waals surface area contributed by atoms with E-state index in [9.17, 15) is 9.18 Å². The smallest absolute Gasteiger partial charge is 0.253 e. The molecule has 0 aliphatic carbocycles. The number of carbonyl (C=O) groups is 1. The summed E-state index contributed by atoms with van der Waals surface area (Å²) < 4.78 is 12.6. The number of hydrogen-bond donors (Lipinski definition) is 2. The van der Waals surface area contributed by atoms with Gasteiger partial charge >= 0.3 is 0 Å². The number of nitrogens with zero attached hydrogens (tertiary/aromatic N) is 2. The quantitative estimate of drug-likeness (QED) is 0.783. The second kappa shape index (κ2) is 4.73. The molecule has 0 atom stereocenters. The first-order chi connectivity index (χ1) is 8.16.